The van der Waals surface area contributed by atoms with E-state index < -0.39 is 29.8 Å². The molecule has 0 N–H and O–H groups in total. The number of rotatable bonds is 8. The molecule has 2 aromatic carbocycles. The van der Waals surface area contributed by atoms with Crippen molar-refractivity contribution in [3.8, 4) is 0 Å². The average molecular weight is 439 g/mol. The highest BCUT2D eigenvalue weighted by Gasteiger charge is 2.40. The van der Waals surface area contributed by atoms with E-state index in [1.165, 1.54) is 11.0 Å². The quantitative estimate of drug-likeness (QED) is 0.580. The molecule has 1 saturated heterocycles. The molecule has 4 rings (SSSR count). The molecule has 8 heteroatoms. The summed E-state index contributed by atoms with van der Waals surface area (Å²) in [6.07, 6.45) is 0.486. The minimum Gasteiger partial charge on any atom is -0.442 e. The first-order valence-electron chi connectivity index (χ1n) is 10.9. The lowest BCUT2D eigenvalue weighted by molar-refractivity contribution is 0.0558. The maximum Gasteiger partial charge on any atom is 0.414 e. The van der Waals surface area contributed by atoms with Crippen LogP contribution < -0.4 is 9.80 Å². The number of anilines is 2. The van der Waals surface area contributed by atoms with Crippen LogP contribution in [0.5, 0.6) is 0 Å². The average Bonchev–Trinajstić information content (AvgIpc) is 3.26. The molecular formula is C24H26FN3O4. The Kier molecular flexibility index (Phi) is 6.12. The van der Waals surface area contributed by atoms with Gasteiger partial charge in [0.15, 0.2) is 0 Å². The number of hydrogen-bond acceptors (Lipinski definition) is 5. The molecule has 0 aliphatic carbocycles. The van der Waals surface area contributed by atoms with E-state index in [0.29, 0.717) is 22.5 Å². The first-order chi connectivity index (χ1) is 15.4. The molecule has 2 aliphatic rings. The van der Waals surface area contributed by atoms with E-state index >= 15 is 0 Å². The SMILES string of the molecule is CCCN(CCC)c1ccc(N2C[C@H](CN3C(=O)c4ccccc4C3=O)OC2=O)cc1F. The number of imide groups is 1. The van der Waals surface area contributed by atoms with Crippen LogP contribution in [-0.4, -0.2) is 55.1 Å². The molecule has 0 bridgehead atoms. The summed E-state index contributed by atoms with van der Waals surface area (Å²) in [5.74, 6) is -1.20. The molecule has 168 valence electrons. The number of carbonyl (C=O) groups is 3. The molecule has 0 radical (unpaired) electrons. The number of ether oxygens (including phenoxy) is 1. The van der Waals surface area contributed by atoms with E-state index in [4.69, 9.17) is 4.74 Å². The molecule has 0 unspecified atom stereocenters. The first-order valence-corrected chi connectivity index (χ1v) is 10.9. The summed E-state index contributed by atoms with van der Waals surface area (Å²) in [7, 11) is 0. The molecule has 0 aromatic heterocycles. The van der Waals surface area contributed by atoms with Crippen LogP contribution in [0.4, 0.5) is 20.6 Å². The van der Waals surface area contributed by atoms with Gasteiger partial charge in [-0.05, 0) is 43.2 Å². The molecule has 3 amide bonds. The van der Waals surface area contributed by atoms with Crippen LogP contribution in [0.2, 0.25) is 0 Å². The molecular weight excluding hydrogens is 413 g/mol. The van der Waals surface area contributed by atoms with Gasteiger partial charge in [-0.3, -0.25) is 19.4 Å². The normalized spacial score (nSPS) is 17.7. The number of carbonyl (C=O) groups excluding carboxylic acids is 3. The summed E-state index contributed by atoms with van der Waals surface area (Å²) in [4.78, 5) is 42.0. The lowest BCUT2D eigenvalue weighted by atomic mass is 10.1. The summed E-state index contributed by atoms with van der Waals surface area (Å²) in [5, 5.41) is 0. The zero-order valence-corrected chi connectivity index (χ0v) is 18.2. The Bertz CT molecular complexity index is 1020. The molecule has 0 saturated carbocycles. The van der Waals surface area contributed by atoms with Crippen molar-refractivity contribution in [2.75, 3.05) is 36.0 Å². The van der Waals surface area contributed by atoms with Crippen LogP contribution in [-0.2, 0) is 4.74 Å². The van der Waals surface area contributed by atoms with Crippen LogP contribution in [0.15, 0.2) is 42.5 Å². The van der Waals surface area contributed by atoms with Crippen molar-refractivity contribution in [1.29, 1.82) is 0 Å². The van der Waals surface area contributed by atoms with Gasteiger partial charge in [-0.25, -0.2) is 9.18 Å². The number of hydrogen-bond donors (Lipinski definition) is 0. The lowest BCUT2D eigenvalue weighted by Gasteiger charge is -2.25. The van der Waals surface area contributed by atoms with Crippen molar-refractivity contribution in [2.24, 2.45) is 0 Å². The minimum absolute atomic E-state index is 0.0457. The number of benzene rings is 2. The van der Waals surface area contributed by atoms with Gasteiger partial charge in [-0.15, -0.1) is 0 Å². The molecule has 2 heterocycles. The number of halogens is 1. The van der Waals surface area contributed by atoms with Crippen molar-refractivity contribution < 1.29 is 23.5 Å². The molecule has 0 spiro atoms. The molecule has 7 nitrogen and oxygen atoms in total. The first kappa shape index (κ1) is 21.8. The number of fused-ring (bicyclic) bond motifs is 1. The smallest absolute Gasteiger partial charge is 0.414 e. The predicted molar refractivity (Wildman–Crippen MR) is 119 cm³/mol. The molecule has 2 aliphatic heterocycles. The van der Waals surface area contributed by atoms with Gasteiger partial charge < -0.3 is 9.64 Å². The fourth-order valence-electron chi connectivity index (χ4n) is 4.25. The topological polar surface area (TPSA) is 70.2 Å². The van der Waals surface area contributed by atoms with Crippen LogP contribution in [0.1, 0.15) is 47.4 Å². The third-order valence-corrected chi connectivity index (χ3v) is 5.71. The van der Waals surface area contributed by atoms with E-state index in [1.54, 1.807) is 36.4 Å². The summed E-state index contributed by atoms with van der Waals surface area (Å²) < 4.78 is 20.3. The Morgan fingerprint density at radius 3 is 2.19 bits per heavy atom. The Hall–Kier alpha value is -3.42. The van der Waals surface area contributed by atoms with Gasteiger partial charge in [0, 0.05) is 13.1 Å². The van der Waals surface area contributed by atoms with Gasteiger partial charge in [-0.2, -0.15) is 0 Å². The Morgan fingerprint density at radius 1 is 1.00 bits per heavy atom. The van der Waals surface area contributed by atoms with Crippen molar-refractivity contribution in [3.63, 3.8) is 0 Å². The second-order valence-electron chi connectivity index (χ2n) is 8.01. The third-order valence-electron chi connectivity index (χ3n) is 5.71. The Labute approximate surface area is 186 Å². The highest BCUT2D eigenvalue weighted by Crippen LogP contribution is 2.29. The zero-order chi connectivity index (χ0) is 22.8. The van der Waals surface area contributed by atoms with Crippen LogP contribution >= 0.6 is 0 Å². The summed E-state index contributed by atoms with van der Waals surface area (Å²) in [5.41, 5.74) is 1.58. The highest BCUT2D eigenvalue weighted by atomic mass is 19.1. The van der Waals surface area contributed by atoms with E-state index in [-0.39, 0.29) is 13.1 Å². The summed E-state index contributed by atoms with van der Waals surface area (Å²) in [6.45, 7) is 5.67. The van der Waals surface area contributed by atoms with Gasteiger partial charge in [-0.1, -0.05) is 26.0 Å². The molecule has 1 fully saturated rings. The molecule has 1 atom stereocenters. The highest BCUT2D eigenvalue weighted by molar-refractivity contribution is 6.21. The Morgan fingerprint density at radius 2 is 1.62 bits per heavy atom. The van der Waals surface area contributed by atoms with Crippen LogP contribution in [0.3, 0.4) is 0 Å². The van der Waals surface area contributed by atoms with Crippen LogP contribution in [0, 0.1) is 5.82 Å². The Balaban J connectivity index is 1.47. The van der Waals surface area contributed by atoms with E-state index in [2.05, 4.69) is 0 Å². The van der Waals surface area contributed by atoms with Gasteiger partial charge in [0.25, 0.3) is 11.8 Å². The molecule has 2 aromatic rings. The van der Waals surface area contributed by atoms with Crippen LogP contribution in [0.25, 0.3) is 0 Å². The largest absolute Gasteiger partial charge is 0.442 e. The fourth-order valence-corrected chi connectivity index (χ4v) is 4.25. The number of amides is 3. The van der Waals surface area contributed by atoms with E-state index in [0.717, 1.165) is 30.8 Å². The second-order valence-corrected chi connectivity index (χ2v) is 8.01. The van der Waals surface area contributed by atoms with Gasteiger partial charge >= 0.3 is 6.09 Å². The van der Waals surface area contributed by atoms with Gasteiger partial charge in [0.1, 0.15) is 11.9 Å². The van der Waals surface area contributed by atoms with Gasteiger partial charge in [0.2, 0.25) is 0 Å². The predicted octanol–water partition coefficient (Wildman–Crippen LogP) is 4.07. The van der Waals surface area contributed by atoms with E-state index in [9.17, 15) is 18.8 Å². The lowest BCUT2D eigenvalue weighted by Crippen LogP contribution is -2.38. The number of cyclic esters (lactones) is 1. The number of nitrogens with zero attached hydrogens (tertiary/aromatic N) is 3. The summed E-state index contributed by atoms with van der Waals surface area (Å²) >= 11 is 0. The standard InChI is InChI=1S/C24H26FN3O4/c1-3-11-26(12-4-2)21-10-9-16(13-20(21)25)27-14-17(32-24(27)31)15-28-22(29)18-7-5-6-8-19(18)23(28)30/h5-10,13,17H,3-4,11-12,14-15H2,1-2H3/t17-/m1/s1. The zero-order valence-electron chi connectivity index (χ0n) is 18.2. The second kappa shape index (κ2) is 8.98. The molecule has 32 heavy (non-hydrogen) atoms. The van der Waals surface area contributed by atoms with Crippen molar-refractivity contribution in [2.45, 2.75) is 32.8 Å². The summed E-state index contributed by atoms with van der Waals surface area (Å²) in [6, 6.07) is 11.3. The maximum atomic E-state index is 14.9. The van der Waals surface area contributed by atoms with Crippen molar-refractivity contribution >= 4 is 29.3 Å². The third kappa shape index (κ3) is 3.92. The fraction of sp³-hybridized carbons (Fsp3) is 0.375. The van der Waals surface area contributed by atoms with E-state index in [1.807, 2.05) is 18.7 Å². The minimum atomic E-state index is -0.691. The van der Waals surface area contributed by atoms with Crippen molar-refractivity contribution in [3.05, 3.63) is 59.4 Å². The van der Waals surface area contributed by atoms with Gasteiger partial charge in [0.05, 0.1) is 35.6 Å². The monoisotopic (exact) mass is 439 g/mol. The maximum absolute atomic E-state index is 14.9. The van der Waals surface area contributed by atoms with Crippen molar-refractivity contribution in [1.82, 2.24) is 4.90 Å².